The monoisotopic (exact) mass is 351 g/mol. The van der Waals surface area contributed by atoms with Crippen molar-refractivity contribution in [2.24, 2.45) is 0 Å². The van der Waals surface area contributed by atoms with Crippen LogP contribution in [0.5, 0.6) is 0 Å². The van der Waals surface area contributed by atoms with Gasteiger partial charge in [0.1, 0.15) is 5.52 Å². The number of hydrogen-bond acceptors (Lipinski definition) is 3. The van der Waals surface area contributed by atoms with Crippen molar-refractivity contribution < 1.29 is 9.90 Å². The van der Waals surface area contributed by atoms with Crippen LogP contribution in [0, 0.1) is 0 Å². The van der Waals surface area contributed by atoms with Gasteiger partial charge in [0.15, 0.2) is 0 Å². The first kappa shape index (κ1) is 13.1. The van der Waals surface area contributed by atoms with Crippen LogP contribution in [0.3, 0.4) is 0 Å². The first-order valence-corrected chi connectivity index (χ1v) is 6.78. The molecule has 0 bridgehead atoms. The van der Waals surface area contributed by atoms with Gasteiger partial charge >= 0.3 is 5.97 Å². The minimum absolute atomic E-state index is 0.122. The molecule has 5 nitrogen and oxygen atoms in total. The van der Waals surface area contributed by atoms with E-state index in [1.54, 1.807) is 28.9 Å². The lowest BCUT2D eigenvalue weighted by molar-refractivity contribution is 0.0699. The molecule has 0 aliphatic carbocycles. The second-order valence-corrected chi connectivity index (χ2v) is 5.34. The maximum atomic E-state index is 11.2. The summed E-state index contributed by atoms with van der Waals surface area (Å²) in [6, 6.07) is 10.3. The Morgan fingerprint density at radius 1 is 1.30 bits per heavy atom. The Bertz CT molecular complexity index is 832. The summed E-state index contributed by atoms with van der Waals surface area (Å²) in [4.78, 5) is 11.2. The first-order valence-electron chi connectivity index (χ1n) is 5.61. The predicted octanol–water partition coefficient (Wildman–Crippen LogP) is 3.53. The highest BCUT2D eigenvalue weighted by molar-refractivity contribution is 9.10. The SMILES string of the molecule is O=C(O)c1cccc2c1nnn2-c1ccc(Br)c(Cl)c1. The number of aromatic carboxylic acids is 1. The number of halogens is 2. The van der Waals surface area contributed by atoms with Crippen LogP contribution in [-0.4, -0.2) is 26.1 Å². The van der Waals surface area contributed by atoms with Crippen molar-refractivity contribution in [2.45, 2.75) is 0 Å². The van der Waals surface area contributed by atoms with E-state index < -0.39 is 5.97 Å². The molecule has 3 rings (SSSR count). The summed E-state index contributed by atoms with van der Waals surface area (Å²) >= 11 is 9.38. The van der Waals surface area contributed by atoms with Crippen LogP contribution in [0.1, 0.15) is 10.4 Å². The molecule has 0 aliphatic rings. The van der Waals surface area contributed by atoms with Crippen LogP contribution in [0.4, 0.5) is 0 Å². The number of carbonyl (C=O) groups is 1. The van der Waals surface area contributed by atoms with E-state index in [1.807, 2.05) is 6.07 Å². The molecule has 1 aromatic heterocycles. The zero-order valence-corrected chi connectivity index (χ0v) is 12.3. The molecule has 0 fully saturated rings. The molecule has 1 heterocycles. The summed E-state index contributed by atoms with van der Waals surface area (Å²) in [6.07, 6.45) is 0. The van der Waals surface area contributed by atoms with Crippen molar-refractivity contribution in [2.75, 3.05) is 0 Å². The smallest absolute Gasteiger partial charge is 0.338 e. The van der Waals surface area contributed by atoms with Gasteiger partial charge in [-0.1, -0.05) is 22.9 Å². The molecule has 2 aromatic carbocycles. The third-order valence-electron chi connectivity index (χ3n) is 2.86. The van der Waals surface area contributed by atoms with Crippen LogP contribution in [0.25, 0.3) is 16.7 Å². The molecule has 1 N–H and O–H groups in total. The van der Waals surface area contributed by atoms with Crippen LogP contribution >= 0.6 is 27.5 Å². The Morgan fingerprint density at radius 2 is 2.10 bits per heavy atom. The van der Waals surface area contributed by atoms with Crippen LogP contribution in [0.15, 0.2) is 40.9 Å². The molecule has 0 aliphatic heterocycles. The second-order valence-electron chi connectivity index (χ2n) is 4.08. The van der Waals surface area contributed by atoms with Crippen molar-refractivity contribution in [3.05, 3.63) is 51.5 Å². The number of nitrogens with zero attached hydrogens (tertiary/aromatic N) is 3. The Morgan fingerprint density at radius 3 is 2.80 bits per heavy atom. The fourth-order valence-corrected chi connectivity index (χ4v) is 2.35. The summed E-state index contributed by atoms with van der Waals surface area (Å²) in [7, 11) is 0. The van der Waals surface area contributed by atoms with Crippen molar-refractivity contribution in [3.63, 3.8) is 0 Å². The van der Waals surface area contributed by atoms with E-state index in [1.165, 1.54) is 6.07 Å². The minimum Gasteiger partial charge on any atom is -0.478 e. The molecule has 20 heavy (non-hydrogen) atoms. The van der Waals surface area contributed by atoms with Gasteiger partial charge in [-0.15, -0.1) is 5.10 Å². The van der Waals surface area contributed by atoms with Crippen LogP contribution < -0.4 is 0 Å². The van der Waals surface area contributed by atoms with Gasteiger partial charge in [-0.3, -0.25) is 0 Å². The van der Waals surface area contributed by atoms with Crippen molar-refractivity contribution in [3.8, 4) is 5.69 Å². The van der Waals surface area contributed by atoms with Gasteiger partial charge in [-0.05, 0) is 46.3 Å². The van der Waals surface area contributed by atoms with Gasteiger partial charge in [0.05, 0.1) is 21.8 Å². The molecular weight excluding hydrogens is 346 g/mol. The maximum absolute atomic E-state index is 11.2. The molecule has 7 heteroatoms. The van der Waals surface area contributed by atoms with E-state index in [0.717, 1.165) is 4.47 Å². The van der Waals surface area contributed by atoms with Crippen molar-refractivity contribution in [1.29, 1.82) is 0 Å². The molecule has 0 saturated carbocycles. The number of rotatable bonds is 2. The highest BCUT2D eigenvalue weighted by Gasteiger charge is 2.14. The number of benzene rings is 2. The van der Waals surface area contributed by atoms with Gasteiger partial charge in [-0.25, -0.2) is 9.48 Å². The van der Waals surface area contributed by atoms with E-state index in [9.17, 15) is 4.79 Å². The lowest BCUT2D eigenvalue weighted by Gasteiger charge is -2.04. The summed E-state index contributed by atoms with van der Waals surface area (Å²) in [5, 5.41) is 17.6. The second kappa shape index (κ2) is 4.88. The Kier molecular flexibility index (Phi) is 3.19. The zero-order chi connectivity index (χ0) is 14.3. The van der Waals surface area contributed by atoms with E-state index >= 15 is 0 Å². The maximum Gasteiger partial charge on any atom is 0.338 e. The zero-order valence-electron chi connectivity index (χ0n) is 9.92. The summed E-state index contributed by atoms with van der Waals surface area (Å²) in [5.74, 6) is -1.03. The molecule has 0 atom stereocenters. The average molecular weight is 353 g/mol. The van der Waals surface area contributed by atoms with Gasteiger partial charge in [0.25, 0.3) is 0 Å². The topological polar surface area (TPSA) is 68.0 Å². The van der Waals surface area contributed by atoms with E-state index in [-0.39, 0.29) is 5.56 Å². The Hall–Kier alpha value is -1.92. The summed E-state index contributed by atoms with van der Waals surface area (Å²) < 4.78 is 2.33. The van der Waals surface area contributed by atoms with E-state index in [2.05, 4.69) is 26.2 Å². The van der Waals surface area contributed by atoms with E-state index in [0.29, 0.717) is 21.7 Å². The van der Waals surface area contributed by atoms with Crippen molar-refractivity contribution in [1.82, 2.24) is 15.0 Å². The molecule has 3 aromatic rings. The number of hydrogen-bond donors (Lipinski definition) is 1. The lowest BCUT2D eigenvalue weighted by atomic mass is 10.2. The molecule has 0 radical (unpaired) electrons. The third-order valence-corrected chi connectivity index (χ3v) is 4.09. The van der Waals surface area contributed by atoms with Crippen LogP contribution in [0.2, 0.25) is 5.02 Å². The highest BCUT2D eigenvalue weighted by Crippen LogP contribution is 2.26. The average Bonchev–Trinajstić information content (AvgIpc) is 2.85. The standard InChI is InChI=1S/C13H7BrClN3O2/c14-9-5-4-7(6-10(9)15)18-11-3-1-2-8(13(19)20)12(11)16-17-18/h1-6H,(H,19,20). The van der Waals surface area contributed by atoms with Gasteiger partial charge in [0, 0.05) is 4.47 Å². The molecule has 0 amide bonds. The Balaban J connectivity index is 2.25. The number of aromatic nitrogens is 3. The van der Waals surface area contributed by atoms with Gasteiger partial charge in [-0.2, -0.15) is 0 Å². The molecular formula is C13H7BrClN3O2. The fraction of sp³-hybridized carbons (Fsp3) is 0. The quantitative estimate of drug-likeness (QED) is 0.766. The number of fused-ring (bicyclic) bond motifs is 1. The summed E-state index contributed by atoms with van der Waals surface area (Å²) in [5.41, 5.74) is 1.79. The molecule has 0 unspecified atom stereocenters. The molecule has 100 valence electrons. The minimum atomic E-state index is -1.03. The van der Waals surface area contributed by atoms with Gasteiger partial charge in [0.2, 0.25) is 0 Å². The highest BCUT2D eigenvalue weighted by atomic mass is 79.9. The van der Waals surface area contributed by atoms with Crippen molar-refractivity contribution >= 4 is 44.5 Å². The fourth-order valence-electron chi connectivity index (χ4n) is 1.93. The number of carboxylic acids is 1. The number of carboxylic acid groups (broad SMARTS) is 1. The molecule has 0 spiro atoms. The first-order chi connectivity index (χ1) is 9.58. The van der Waals surface area contributed by atoms with Gasteiger partial charge < -0.3 is 5.11 Å². The largest absolute Gasteiger partial charge is 0.478 e. The Labute approximate surface area is 126 Å². The third kappa shape index (κ3) is 2.07. The lowest BCUT2D eigenvalue weighted by Crippen LogP contribution is -1.98. The normalized spacial score (nSPS) is 10.9. The van der Waals surface area contributed by atoms with Crippen LogP contribution in [-0.2, 0) is 0 Å². The summed E-state index contributed by atoms with van der Waals surface area (Å²) in [6.45, 7) is 0. The predicted molar refractivity (Wildman–Crippen MR) is 78.5 cm³/mol. The van der Waals surface area contributed by atoms with E-state index in [4.69, 9.17) is 16.7 Å². The molecule has 0 saturated heterocycles.